The van der Waals surface area contributed by atoms with Crippen molar-refractivity contribution in [2.45, 2.75) is 51.0 Å². The third-order valence-corrected chi connectivity index (χ3v) is 6.73. The van der Waals surface area contributed by atoms with Crippen molar-refractivity contribution in [2.24, 2.45) is 11.8 Å². The molecule has 1 saturated carbocycles. The van der Waals surface area contributed by atoms with E-state index in [1.807, 2.05) is 37.0 Å². The number of hydrogen-bond donors (Lipinski definition) is 0. The molecule has 160 valence electrons. The van der Waals surface area contributed by atoms with Crippen LogP contribution in [0.1, 0.15) is 44.1 Å². The minimum Gasteiger partial charge on any atom is -0.342 e. The van der Waals surface area contributed by atoms with Gasteiger partial charge in [-0.2, -0.15) is 0 Å². The van der Waals surface area contributed by atoms with E-state index in [-0.39, 0.29) is 17.9 Å². The van der Waals surface area contributed by atoms with Crippen molar-refractivity contribution in [1.82, 2.24) is 14.7 Å². The molecule has 3 rings (SSSR count). The van der Waals surface area contributed by atoms with Crippen molar-refractivity contribution in [1.29, 1.82) is 0 Å². The molecule has 0 N–H and O–H groups in total. The van der Waals surface area contributed by atoms with Crippen LogP contribution in [-0.2, 0) is 16.0 Å². The minimum absolute atomic E-state index is 0.167. The fourth-order valence-corrected chi connectivity index (χ4v) is 4.98. The van der Waals surface area contributed by atoms with Gasteiger partial charge in [-0.15, -0.1) is 0 Å². The third-order valence-electron chi connectivity index (χ3n) is 6.73. The maximum Gasteiger partial charge on any atom is 0.236 e. The molecule has 0 unspecified atom stereocenters. The Balaban J connectivity index is 1.65. The minimum atomic E-state index is 0.167. The van der Waals surface area contributed by atoms with Crippen LogP contribution in [0.15, 0.2) is 30.3 Å². The van der Waals surface area contributed by atoms with Crippen molar-refractivity contribution >= 4 is 11.8 Å². The number of benzene rings is 1. The van der Waals surface area contributed by atoms with E-state index < -0.39 is 0 Å². The number of likely N-dealkylation sites (N-methyl/N-ethyl adjacent to an activating group) is 2. The summed E-state index contributed by atoms with van der Waals surface area (Å²) in [5.74, 6) is 1.23. The number of carbonyl (C=O) groups is 2. The average molecular weight is 400 g/mol. The first-order valence-electron chi connectivity index (χ1n) is 11.2. The predicted molar refractivity (Wildman–Crippen MR) is 117 cm³/mol. The highest BCUT2D eigenvalue weighted by molar-refractivity contribution is 5.79. The largest absolute Gasteiger partial charge is 0.342 e. The summed E-state index contributed by atoms with van der Waals surface area (Å²) in [6.07, 6.45) is 7.37. The van der Waals surface area contributed by atoms with E-state index in [1.165, 1.54) is 18.4 Å². The van der Waals surface area contributed by atoms with E-state index in [2.05, 4.69) is 29.2 Å². The molecule has 2 amide bonds. The van der Waals surface area contributed by atoms with Gasteiger partial charge < -0.3 is 14.7 Å². The highest BCUT2D eigenvalue weighted by atomic mass is 16.2. The molecule has 2 fully saturated rings. The van der Waals surface area contributed by atoms with E-state index in [4.69, 9.17) is 0 Å². The van der Waals surface area contributed by atoms with Gasteiger partial charge in [-0.05, 0) is 57.7 Å². The van der Waals surface area contributed by atoms with E-state index in [1.54, 1.807) is 0 Å². The fourth-order valence-electron chi connectivity index (χ4n) is 4.98. The summed E-state index contributed by atoms with van der Waals surface area (Å²) in [5.41, 5.74) is 1.27. The lowest BCUT2D eigenvalue weighted by Gasteiger charge is -2.41. The molecule has 1 aliphatic heterocycles. The summed E-state index contributed by atoms with van der Waals surface area (Å²) >= 11 is 0. The van der Waals surface area contributed by atoms with Gasteiger partial charge in [0, 0.05) is 32.1 Å². The van der Waals surface area contributed by atoms with Crippen LogP contribution in [0, 0.1) is 11.8 Å². The van der Waals surface area contributed by atoms with Gasteiger partial charge >= 0.3 is 0 Å². The second kappa shape index (κ2) is 10.2. The molecule has 1 aromatic rings. The molecule has 0 aromatic heterocycles. The summed E-state index contributed by atoms with van der Waals surface area (Å²) in [6.45, 7) is 2.10. The molecule has 2 aliphatic rings. The second-order valence-corrected chi connectivity index (χ2v) is 9.14. The van der Waals surface area contributed by atoms with Crippen LogP contribution in [-0.4, -0.2) is 73.3 Å². The second-order valence-electron chi connectivity index (χ2n) is 9.14. The van der Waals surface area contributed by atoms with Crippen molar-refractivity contribution in [3.8, 4) is 0 Å². The molecule has 5 nitrogen and oxygen atoms in total. The fraction of sp³-hybridized carbons (Fsp3) is 0.667. The van der Waals surface area contributed by atoms with Crippen molar-refractivity contribution in [2.75, 3.05) is 40.8 Å². The Hall–Kier alpha value is -1.88. The van der Waals surface area contributed by atoms with Crippen molar-refractivity contribution in [3.05, 3.63) is 35.9 Å². The number of hydrogen-bond acceptors (Lipinski definition) is 3. The number of likely N-dealkylation sites (tertiary alicyclic amines) is 1. The zero-order valence-electron chi connectivity index (χ0n) is 18.3. The van der Waals surface area contributed by atoms with Crippen LogP contribution >= 0.6 is 0 Å². The van der Waals surface area contributed by atoms with Gasteiger partial charge in [0.2, 0.25) is 11.8 Å². The average Bonchev–Trinajstić information content (AvgIpc) is 3.26. The zero-order valence-corrected chi connectivity index (χ0v) is 18.3. The predicted octanol–water partition coefficient (Wildman–Crippen LogP) is 3.05. The molecule has 1 atom stereocenters. The SMILES string of the molecule is CN(C)CC(=O)N(C)[C@@H](Cc1ccccc1)C1CCN(C(=O)C2CCCC2)CC1. The number of nitrogens with zero attached hydrogens (tertiary/aromatic N) is 3. The lowest BCUT2D eigenvalue weighted by atomic mass is 9.84. The van der Waals surface area contributed by atoms with Crippen LogP contribution in [0.4, 0.5) is 0 Å². The third kappa shape index (κ3) is 5.81. The Morgan fingerprint density at radius 3 is 2.21 bits per heavy atom. The van der Waals surface area contributed by atoms with Crippen LogP contribution in [0.2, 0.25) is 0 Å². The Morgan fingerprint density at radius 1 is 1.00 bits per heavy atom. The number of carbonyl (C=O) groups excluding carboxylic acids is 2. The van der Waals surface area contributed by atoms with E-state index in [0.717, 1.165) is 45.2 Å². The molecule has 1 heterocycles. The summed E-state index contributed by atoms with van der Waals surface area (Å²) in [5, 5.41) is 0. The Morgan fingerprint density at radius 2 is 1.62 bits per heavy atom. The quantitative estimate of drug-likeness (QED) is 0.708. The van der Waals surface area contributed by atoms with E-state index in [0.29, 0.717) is 18.4 Å². The Bertz CT molecular complexity index is 662. The van der Waals surface area contributed by atoms with Crippen LogP contribution < -0.4 is 0 Å². The molecular formula is C24H37N3O2. The molecule has 5 heteroatoms. The molecule has 0 spiro atoms. The lowest BCUT2D eigenvalue weighted by molar-refractivity contribution is -0.139. The molecule has 0 bridgehead atoms. The highest BCUT2D eigenvalue weighted by Gasteiger charge is 2.34. The smallest absolute Gasteiger partial charge is 0.236 e. The van der Waals surface area contributed by atoms with Gasteiger partial charge in [0.05, 0.1) is 6.54 Å². The lowest BCUT2D eigenvalue weighted by Crippen LogP contribution is -2.50. The first-order valence-corrected chi connectivity index (χ1v) is 11.2. The maximum atomic E-state index is 12.8. The van der Waals surface area contributed by atoms with Crippen LogP contribution in [0.3, 0.4) is 0 Å². The zero-order chi connectivity index (χ0) is 20.8. The van der Waals surface area contributed by atoms with Gasteiger partial charge in [0.15, 0.2) is 0 Å². The van der Waals surface area contributed by atoms with E-state index >= 15 is 0 Å². The first-order chi connectivity index (χ1) is 14.0. The normalized spacial score (nSPS) is 19.5. The summed E-state index contributed by atoms with van der Waals surface area (Å²) < 4.78 is 0. The summed E-state index contributed by atoms with van der Waals surface area (Å²) in [6, 6.07) is 10.6. The first kappa shape index (κ1) is 21.8. The van der Waals surface area contributed by atoms with Crippen molar-refractivity contribution in [3.63, 3.8) is 0 Å². The van der Waals surface area contributed by atoms with Gasteiger partial charge in [-0.3, -0.25) is 9.59 Å². The van der Waals surface area contributed by atoms with E-state index in [9.17, 15) is 9.59 Å². The summed E-state index contributed by atoms with van der Waals surface area (Å²) in [7, 11) is 5.83. The Labute approximate surface area is 176 Å². The summed E-state index contributed by atoms with van der Waals surface area (Å²) in [4.78, 5) is 31.6. The molecule has 1 aromatic carbocycles. The van der Waals surface area contributed by atoms with Gasteiger partial charge in [0.25, 0.3) is 0 Å². The topological polar surface area (TPSA) is 43.9 Å². The van der Waals surface area contributed by atoms with Crippen LogP contribution in [0.5, 0.6) is 0 Å². The molecule has 29 heavy (non-hydrogen) atoms. The highest BCUT2D eigenvalue weighted by Crippen LogP contribution is 2.31. The van der Waals surface area contributed by atoms with Gasteiger partial charge in [0.1, 0.15) is 0 Å². The van der Waals surface area contributed by atoms with Gasteiger partial charge in [-0.1, -0.05) is 43.2 Å². The maximum absolute atomic E-state index is 12.8. The molecule has 1 aliphatic carbocycles. The van der Waals surface area contributed by atoms with Gasteiger partial charge in [-0.25, -0.2) is 0 Å². The number of piperidine rings is 1. The molecular weight excluding hydrogens is 362 g/mol. The monoisotopic (exact) mass is 399 g/mol. The molecule has 1 saturated heterocycles. The Kier molecular flexibility index (Phi) is 7.70. The number of amides is 2. The number of rotatable bonds is 7. The standard InChI is InChI=1S/C24H37N3O2/c1-25(2)18-23(28)26(3)22(17-19-9-5-4-6-10-19)20-13-15-27(16-14-20)24(29)21-11-7-8-12-21/h4-6,9-10,20-22H,7-8,11-18H2,1-3H3/t22-/m0/s1. The molecule has 0 radical (unpaired) electrons. The van der Waals surface area contributed by atoms with Crippen LogP contribution in [0.25, 0.3) is 0 Å². The van der Waals surface area contributed by atoms with Crippen molar-refractivity contribution < 1.29 is 9.59 Å².